The lowest BCUT2D eigenvalue weighted by molar-refractivity contribution is 0.0698. The molecule has 4 nitrogen and oxygen atoms in total. The Morgan fingerprint density at radius 1 is 1.25 bits per heavy atom. The third kappa shape index (κ3) is 4.53. The molecule has 112 valence electrons. The summed E-state index contributed by atoms with van der Waals surface area (Å²) in [5.74, 6) is -0.892. The Morgan fingerprint density at radius 2 is 1.85 bits per heavy atom. The summed E-state index contributed by atoms with van der Waals surface area (Å²) in [6.07, 6.45) is 0. The van der Waals surface area contributed by atoms with Crippen molar-refractivity contribution in [1.29, 1.82) is 0 Å². The second-order valence-electron chi connectivity index (χ2n) is 5.71. The number of carboxylic acids is 1. The highest BCUT2D eigenvalue weighted by atomic mass is 16.4. The van der Waals surface area contributed by atoms with Gasteiger partial charge in [-0.2, -0.15) is 0 Å². The number of carbonyl (C=O) groups is 1. The molecule has 1 rings (SSSR count). The Hall–Kier alpha value is -1.55. The van der Waals surface area contributed by atoms with E-state index in [9.17, 15) is 9.90 Å². The largest absolute Gasteiger partial charge is 0.478 e. The molecule has 0 atom stereocenters. The van der Waals surface area contributed by atoms with E-state index in [1.54, 1.807) is 6.07 Å². The first kappa shape index (κ1) is 16.5. The van der Waals surface area contributed by atoms with Gasteiger partial charge in [0.2, 0.25) is 0 Å². The van der Waals surface area contributed by atoms with Crippen LogP contribution in [0.4, 0.5) is 5.69 Å². The molecule has 0 heterocycles. The summed E-state index contributed by atoms with van der Waals surface area (Å²) in [7, 11) is 0. The van der Waals surface area contributed by atoms with Crippen LogP contribution in [-0.4, -0.2) is 41.1 Å². The molecule has 0 aromatic heterocycles. The van der Waals surface area contributed by atoms with Crippen molar-refractivity contribution < 1.29 is 9.90 Å². The molecule has 0 spiro atoms. The molecule has 1 aromatic rings. The first-order chi connectivity index (χ1) is 9.32. The molecule has 0 aliphatic heterocycles. The number of aromatic carboxylic acids is 1. The third-order valence-electron chi connectivity index (χ3n) is 3.42. The fraction of sp³-hybridized carbons (Fsp3) is 0.562. The van der Waals surface area contributed by atoms with E-state index in [4.69, 9.17) is 0 Å². The van der Waals surface area contributed by atoms with Crippen molar-refractivity contribution in [3.8, 4) is 0 Å². The van der Waals surface area contributed by atoms with Gasteiger partial charge in [-0.25, -0.2) is 4.79 Å². The number of hydrogen-bond acceptors (Lipinski definition) is 3. The minimum Gasteiger partial charge on any atom is -0.478 e. The molecule has 0 bridgehead atoms. The highest BCUT2D eigenvalue weighted by Gasteiger charge is 2.14. The van der Waals surface area contributed by atoms with Crippen LogP contribution in [0.1, 0.15) is 43.6 Å². The van der Waals surface area contributed by atoms with Crippen molar-refractivity contribution in [2.24, 2.45) is 0 Å². The Bertz CT molecular complexity index is 448. The molecule has 0 amide bonds. The monoisotopic (exact) mass is 278 g/mol. The Labute approximate surface area is 121 Å². The second kappa shape index (κ2) is 7.29. The van der Waals surface area contributed by atoms with E-state index in [-0.39, 0.29) is 0 Å². The van der Waals surface area contributed by atoms with Gasteiger partial charge >= 0.3 is 5.97 Å². The zero-order valence-corrected chi connectivity index (χ0v) is 13.1. The van der Waals surface area contributed by atoms with E-state index in [1.807, 2.05) is 19.1 Å². The van der Waals surface area contributed by atoms with Crippen molar-refractivity contribution in [2.75, 3.05) is 18.4 Å². The highest BCUT2D eigenvalue weighted by Crippen LogP contribution is 2.17. The molecule has 0 aliphatic carbocycles. The van der Waals surface area contributed by atoms with Crippen LogP contribution >= 0.6 is 0 Å². The molecule has 1 aromatic carbocycles. The number of aryl methyl sites for hydroxylation is 1. The van der Waals surface area contributed by atoms with Gasteiger partial charge in [0.1, 0.15) is 0 Å². The number of hydrogen-bond donors (Lipinski definition) is 2. The molecule has 0 fully saturated rings. The van der Waals surface area contributed by atoms with Gasteiger partial charge in [-0.3, -0.25) is 4.90 Å². The van der Waals surface area contributed by atoms with Gasteiger partial charge in [0.05, 0.1) is 5.56 Å². The molecular weight excluding hydrogens is 252 g/mol. The summed E-state index contributed by atoms with van der Waals surface area (Å²) in [4.78, 5) is 13.6. The molecule has 2 N–H and O–H groups in total. The van der Waals surface area contributed by atoms with Crippen molar-refractivity contribution in [3.05, 3.63) is 29.3 Å². The number of nitrogens with zero attached hydrogens (tertiary/aromatic N) is 1. The standard InChI is InChI=1S/C16H26N2O2/c1-11(2)18(12(3)4)9-8-17-15-10-13(5)6-7-14(15)16(19)20/h6-7,10-12,17H,8-9H2,1-5H3,(H,19,20). The van der Waals surface area contributed by atoms with E-state index in [0.717, 1.165) is 18.7 Å². The molecule has 4 heteroatoms. The fourth-order valence-corrected chi connectivity index (χ4v) is 2.42. The van der Waals surface area contributed by atoms with Gasteiger partial charge in [-0.1, -0.05) is 6.07 Å². The summed E-state index contributed by atoms with van der Waals surface area (Å²) in [5, 5.41) is 12.4. The number of nitrogens with one attached hydrogen (secondary N) is 1. The zero-order chi connectivity index (χ0) is 15.3. The van der Waals surface area contributed by atoms with Crippen molar-refractivity contribution in [2.45, 2.75) is 46.7 Å². The Kier molecular flexibility index (Phi) is 6.02. The summed E-state index contributed by atoms with van der Waals surface area (Å²) >= 11 is 0. The molecule has 20 heavy (non-hydrogen) atoms. The first-order valence-electron chi connectivity index (χ1n) is 7.16. The van der Waals surface area contributed by atoms with Crippen LogP contribution in [0.5, 0.6) is 0 Å². The first-order valence-corrected chi connectivity index (χ1v) is 7.16. The van der Waals surface area contributed by atoms with Crippen molar-refractivity contribution >= 4 is 11.7 Å². The number of rotatable bonds is 7. The second-order valence-corrected chi connectivity index (χ2v) is 5.71. The van der Waals surface area contributed by atoms with E-state index >= 15 is 0 Å². The van der Waals surface area contributed by atoms with Gasteiger partial charge in [0, 0.05) is 30.9 Å². The summed E-state index contributed by atoms with van der Waals surface area (Å²) in [5.41, 5.74) is 2.09. The van der Waals surface area contributed by atoms with Crippen LogP contribution in [0.15, 0.2) is 18.2 Å². The minimum absolute atomic E-state index is 0.330. The SMILES string of the molecule is Cc1ccc(C(=O)O)c(NCCN(C(C)C)C(C)C)c1. The zero-order valence-electron chi connectivity index (χ0n) is 13.1. The number of benzene rings is 1. The van der Waals surface area contributed by atoms with Gasteiger partial charge in [0.15, 0.2) is 0 Å². The van der Waals surface area contributed by atoms with E-state index in [2.05, 4.69) is 37.9 Å². The third-order valence-corrected chi connectivity index (χ3v) is 3.42. The molecule has 0 saturated heterocycles. The molecule has 0 unspecified atom stereocenters. The molecule has 0 radical (unpaired) electrons. The van der Waals surface area contributed by atoms with Crippen LogP contribution < -0.4 is 5.32 Å². The number of carboxylic acid groups (broad SMARTS) is 1. The lowest BCUT2D eigenvalue weighted by Crippen LogP contribution is -2.40. The van der Waals surface area contributed by atoms with Crippen LogP contribution in [0.2, 0.25) is 0 Å². The van der Waals surface area contributed by atoms with E-state index < -0.39 is 5.97 Å². The van der Waals surface area contributed by atoms with Crippen LogP contribution in [0.3, 0.4) is 0 Å². The van der Waals surface area contributed by atoms with Gasteiger partial charge in [-0.05, 0) is 52.3 Å². The van der Waals surface area contributed by atoms with Crippen molar-refractivity contribution in [1.82, 2.24) is 4.90 Å². The lowest BCUT2D eigenvalue weighted by atomic mass is 10.1. The van der Waals surface area contributed by atoms with Gasteiger partial charge in [0.25, 0.3) is 0 Å². The normalized spacial score (nSPS) is 11.4. The summed E-state index contributed by atoms with van der Waals surface area (Å²) in [6, 6.07) is 6.33. The van der Waals surface area contributed by atoms with E-state index in [0.29, 0.717) is 23.3 Å². The smallest absolute Gasteiger partial charge is 0.337 e. The summed E-state index contributed by atoms with van der Waals surface area (Å²) < 4.78 is 0. The Morgan fingerprint density at radius 3 is 2.35 bits per heavy atom. The van der Waals surface area contributed by atoms with Crippen LogP contribution in [0.25, 0.3) is 0 Å². The average molecular weight is 278 g/mol. The minimum atomic E-state index is -0.892. The summed E-state index contributed by atoms with van der Waals surface area (Å²) in [6.45, 7) is 12.3. The maximum atomic E-state index is 11.2. The maximum absolute atomic E-state index is 11.2. The quantitative estimate of drug-likeness (QED) is 0.804. The van der Waals surface area contributed by atoms with Crippen LogP contribution in [0, 0.1) is 6.92 Å². The van der Waals surface area contributed by atoms with Crippen LogP contribution in [-0.2, 0) is 0 Å². The fourth-order valence-electron chi connectivity index (χ4n) is 2.42. The van der Waals surface area contributed by atoms with Crippen molar-refractivity contribution in [3.63, 3.8) is 0 Å². The number of anilines is 1. The highest BCUT2D eigenvalue weighted by molar-refractivity contribution is 5.94. The average Bonchev–Trinajstić information content (AvgIpc) is 2.33. The van der Waals surface area contributed by atoms with Gasteiger partial charge in [-0.15, -0.1) is 0 Å². The predicted octanol–water partition coefficient (Wildman–Crippen LogP) is 3.22. The molecule has 0 saturated carbocycles. The predicted molar refractivity (Wildman–Crippen MR) is 83.6 cm³/mol. The molecule has 0 aliphatic rings. The van der Waals surface area contributed by atoms with E-state index in [1.165, 1.54) is 0 Å². The lowest BCUT2D eigenvalue weighted by Gasteiger charge is -2.30. The topological polar surface area (TPSA) is 52.6 Å². The molecular formula is C16H26N2O2. The maximum Gasteiger partial charge on any atom is 0.337 e. The Balaban J connectivity index is 2.70. The van der Waals surface area contributed by atoms with Gasteiger partial charge < -0.3 is 10.4 Å².